The predicted octanol–water partition coefficient (Wildman–Crippen LogP) is 15.9. The van der Waals surface area contributed by atoms with E-state index in [4.69, 9.17) is 9.47 Å². The lowest BCUT2D eigenvalue weighted by Gasteiger charge is -2.15. The summed E-state index contributed by atoms with van der Waals surface area (Å²) >= 11 is 0. The molecule has 5 heteroatoms. The minimum absolute atomic E-state index is 0.0696. The molecule has 0 fully saturated rings. The van der Waals surface area contributed by atoms with Crippen LogP contribution in [0.5, 0.6) is 0 Å². The van der Waals surface area contributed by atoms with Gasteiger partial charge in [0.15, 0.2) is 6.10 Å². The second-order valence-electron chi connectivity index (χ2n) is 16.2. The monoisotopic (exact) mass is 797 g/mol. The van der Waals surface area contributed by atoms with Gasteiger partial charge in [-0.05, 0) is 57.8 Å². The first-order valence-corrected chi connectivity index (χ1v) is 24.3. The van der Waals surface area contributed by atoms with Crippen LogP contribution in [-0.4, -0.2) is 36.4 Å². The highest BCUT2D eigenvalue weighted by atomic mass is 16.6. The molecule has 0 spiro atoms. The molecular weight excluding hydrogens is 705 g/mol. The first kappa shape index (κ1) is 54.6. The number of rotatable bonds is 44. The van der Waals surface area contributed by atoms with Crippen LogP contribution in [0.15, 0.2) is 60.8 Å². The van der Waals surface area contributed by atoms with Crippen LogP contribution in [-0.2, 0) is 19.1 Å². The van der Waals surface area contributed by atoms with E-state index in [1.165, 1.54) is 135 Å². The molecule has 0 aromatic rings. The summed E-state index contributed by atoms with van der Waals surface area (Å²) in [5, 5.41) is 9.61. The summed E-state index contributed by atoms with van der Waals surface area (Å²) in [7, 11) is 0. The van der Waals surface area contributed by atoms with Crippen LogP contribution in [0, 0.1) is 0 Å². The van der Waals surface area contributed by atoms with Crippen LogP contribution in [0.1, 0.15) is 239 Å². The topological polar surface area (TPSA) is 72.8 Å². The number of unbranched alkanes of at least 4 members (excludes halogenated alkanes) is 26. The predicted molar refractivity (Wildman–Crippen MR) is 247 cm³/mol. The normalized spacial score (nSPS) is 12.7. The molecule has 0 aromatic carbocycles. The fourth-order valence-corrected chi connectivity index (χ4v) is 6.94. The van der Waals surface area contributed by atoms with Gasteiger partial charge in [-0.2, -0.15) is 0 Å². The minimum Gasteiger partial charge on any atom is -0.462 e. The summed E-state index contributed by atoms with van der Waals surface area (Å²) in [6.45, 7) is 4.04. The SMILES string of the molecule is CC/C=C\C/C=C\C/C=C\C/C=C\C/C=C\CCCCCCCCCC(=O)OC(CO)COC(=O)CCCCCCCCCCCCCCCCCCCCCC. The Morgan fingerprint density at radius 3 is 1.14 bits per heavy atom. The van der Waals surface area contributed by atoms with E-state index < -0.39 is 6.10 Å². The molecule has 57 heavy (non-hydrogen) atoms. The van der Waals surface area contributed by atoms with Gasteiger partial charge < -0.3 is 14.6 Å². The molecule has 0 aromatic heterocycles. The third-order valence-electron chi connectivity index (χ3n) is 10.6. The van der Waals surface area contributed by atoms with Crippen LogP contribution in [0.4, 0.5) is 0 Å². The van der Waals surface area contributed by atoms with Gasteiger partial charge >= 0.3 is 11.9 Å². The zero-order valence-corrected chi connectivity index (χ0v) is 37.6. The molecule has 0 bridgehead atoms. The Balaban J connectivity index is 3.53. The van der Waals surface area contributed by atoms with Crippen molar-refractivity contribution in [2.75, 3.05) is 13.2 Å². The van der Waals surface area contributed by atoms with Gasteiger partial charge in [0.05, 0.1) is 6.61 Å². The van der Waals surface area contributed by atoms with Crippen molar-refractivity contribution >= 4 is 11.9 Å². The van der Waals surface area contributed by atoms with Gasteiger partial charge in [0.2, 0.25) is 0 Å². The number of ether oxygens (including phenoxy) is 2. The maximum atomic E-state index is 12.2. The number of carbonyl (C=O) groups excluding carboxylic acids is 2. The van der Waals surface area contributed by atoms with E-state index in [1.807, 2.05) is 0 Å². The van der Waals surface area contributed by atoms with E-state index in [1.54, 1.807) is 0 Å². The zero-order valence-electron chi connectivity index (χ0n) is 37.6. The van der Waals surface area contributed by atoms with Crippen molar-refractivity contribution in [3.63, 3.8) is 0 Å². The second kappa shape index (κ2) is 48.0. The molecule has 0 heterocycles. The molecule has 0 saturated carbocycles. The third kappa shape index (κ3) is 46.2. The fraction of sp³-hybridized carbons (Fsp3) is 0.769. The molecule has 0 aliphatic heterocycles. The van der Waals surface area contributed by atoms with Crippen molar-refractivity contribution in [2.24, 2.45) is 0 Å². The Bertz CT molecular complexity index is 992. The molecule has 1 atom stereocenters. The van der Waals surface area contributed by atoms with Crippen molar-refractivity contribution in [2.45, 2.75) is 245 Å². The molecule has 0 aliphatic rings. The largest absolute Gasteiger partial charge is 0.462 e. The molecule has 0 rings (SSSR count). The average Bonchev–Trinajstić information content (AvgIpc) is 3.21. The van der Waals surface area contributed by atoms with Gasteiger partial charge in [-0.25, -0.2) is 0 Å². The number of hydrogen-bond donors (Lipinski definition) is 1. The van der Waals surface area contributed by atoms with E-state index in [-0.39, 0.29) is 25.2 Å². The first-order chi connectivity index (χ1) is 28.1. The summed E-state index contributed by atoms with van der Waals surface area (Å²) in [6.07, 6.45) is 63.0. The van der Waals surface area contributed by atoms with Gasteiger partial charge in [-0.3, -0.25) is 9.59 Å². The van der Waals surface area contributed by atoms with E-state index >= 15 is 0 Å². The highest BCUT2D eigenvalue weighted by molar-refractivity contribution is 5.70. The Morgan fingerprint density at radius 1 is 0.421 bits per heavy atom. The second-order valence-corrected chi connectivity index (χ2v) is 16.2. The fourth-order valence-electron chi connectivity index (χ4n) is 6.94. The highest BCUT2D eigenvalue weighted by Gasteiger charge is 2.16. The molecule has 0 radical (unpaired) electrons. The lowest BCUT2D eigenvalue weighted by Crippen LogP contribution is -2.28. The van der Waals surface area contributed by atoms with Crippen molar-refractivity contribution in [1.29, 1.82) is 0 Å². The average molecular weight is 797 g/mol. The Kier molecular flexibility index (Phi) is 46.0. The highest BCUT2D eigenvalue weighted by Crippen LogP contribution is 2.16. The number of carbonyl (C=O) groups is 2. The number of aliphatic hydroxyl groups is 1. The molecule has 330 valence electrons. The van der Waals surface area contributed by atoms with Gasteiger partial charge in [-0.15, -0.1) is 0 Å². The van der Waals surface area contributed by atoms with Crippen LogP contribution in [0.25, 0.3) is 0 Å². The van der Waals surface area contributed by atoms with Gasteiger partial charge in [0.1, 0.15) is 6.61 Å². The Labute approximate surface area is 353 Å². The van der Waals surface area contributed by atoms with Crippen LogP contribution in [0.2, 0.25) is 0 Å². The van der Waals surface area contributed by atoms with Crippen molar-refractivity contribution in [3.05, 3.63) is 60.8 Å². The van der Waals surface area contributed by atoms with Crippen LogP contribution >= 0.6 is 0 Å². The molecule has 0 aliphatic carbocycles. The number of aliphatic hydroxyl groups excluding tert-OH is 1. The maximum absolute atomic E-state index is 12.2. The lowest BCUT2D eigenvalue weighted by molar-refractivity contribution is -0.161. The summed E-state index contributed by atoms with van der Waals surface area (Å²) in [4.78, 5) is 24.4. The standard InChI is InChI=1S/C52H92O5/c1-3-5-7-9-11-13-15-17-19-21-23-25-26-27-29-31-33-35-37-39-41-43-45-47-52(55)57-50(48-53)49-56-51(54)46-44-42-40-38-36-34-32-30-28-24-22-20-18-16-14-12-10-8-6-4-2/h5,7,11,13,17,19,23,25,27,29,50,53H,3-4,6,8-10,12,14-16,18,20-22,24,26,28,30-49H2,1-2H3/b7-5-,13-11-,19-17-,25-23-,29-27-. The Hall–Kier alpha value is -2.40. The molecular formula is C52H92O5. The Morgan fingerprint density at radius 2 is 0.754 bits per heavy atom. The van der Waals surface area contributed by atoms with Crippen LogP contribution in [0.3, 0.4) is 0 Å². The zero-order chi connectivity index (χ0) is 41.4. The van der Waals surface area contributed by atoms with Crippen molar-refractivity contribution in [3.8, 4) is 0 Å². The quantitative estimate of drug-likeness (QED) is 0.0378. The van der Waals surface area contributed by atoms with Crippen LogP contribution < -0.4 is 0 Å². The summed E-state index contributed by atoms with van der Waals surface area (Å²) in [5.74, 6) is -0.596. The van der Waals surface area contributed by atoms with Gasteiger partial charge in [0, 0.05) is 12.8 Å². The lowest BCUT2D eigenvalue weighted by atomic mass is 10.0. The number of allylic oxidation sites excluding steroid dienone is 10. The van der Waals surface area contributed by atoms with Gasteiger partial charge in [0.25, 0.3) is 0 Å². The number of hydrogen-bond acceptors (Lipinski definition) is 5. The van der Waals surface area contributed by atoms with E-state index in [0.29, 0.717) is 12.8 Å². The molecule has 0 saturated heterocycles. The van der Waals surface area contributed by atoms with Crippen molar-refractivity contribution < 1.29 is 24.2 Å². The molecule has 1 unspecified atom stereocenters. The van der Waals surface area contributed by atoms with E-state index in [0.717, 1.165) is 77.0 Å². The third-order valence-corrected chi connectivity index (χ3v) is 10.6. The van der Waals surface area contributed by atoms with E-state index in [2.05, 4.69) is 74.6 Å². The van der Waals surface area contributed by atoms with E-state index in [9.17, 15) is 14.7 Å². The van der Waals surface area contributed by atoms with Gasteiger partial charge in [-0.1, -0.05) is 229 Å². The summed E-state index contributed by atoms with van der Waals surface area (Å²) < 4.78 is 10.7. The molecule has 0 amide bonds. The summed E-state index contributed by atoms with van der Waals surface area (Å²) in [5.41, 5.74) is 0. The summed E-state index contributed by atoms with van der Waals surface area (Å²) in [6, 6.07) is 0. The smallest absolute Gasteiger partial charge is 0.306 e. The maximum Gasteiger partial charge on any atom is 0.306 e. The van der Waals surface area contributed by atoms with Crippen molar-refractivity contribution in [1.82, 2.24) is 0 Å². The number of esters is 2. The molecule has 5 nitrogen and oxygen atoms in total. The molecule has 1 N–H and O–H groups in total. The first-order valence-electron chi connectivity index (χ1n) is 24.3. The minimum atomic E-state index is -0.778.